The summed E-state index contributed by atoms with van der Waals surface area (Å²) in [6.07, 6.45) is 5.75. The van der Waals surface area contributed by atoms with Gasteiger partial charge in [0.25, 0.3) is 0 Å². The Morgan fingerprint density at radius 3 is 2.32 bits per heavy atom. The predicted octanol–water partition coefficient (Wildman–Crippen LogP) is 1.81. The molecule has 1 saturated heterocycles. The van der Waals surface area contributed by atoms with Gasteiger partial charge in [0.2, 0.25) is 11.8 Å². The van der Waals surface area contributed by atoms with Gasteiger partial charge < -0.3 is 0 Å². The molecular formula is C14H20N2O3. The molecule has 0 unspecified atom stereocenters. The standard InChI is InChI=1S/C14H20N2O3/c1-9-7-10(8-9)16-12(18)14(5-3-2-4-6-14)11(17)15-13(16)19/h9-10H,2-8H2,1H3,(H,15,17,19). The van der Waals surface area contributed by atoms with Crippen LogP contribution in [-0.2, 0) is 9.59 Å². The molecule has 104 valence electrons. The van der Waals surface area contributed by atoms with Crippen LogP contribution in [-0.4, -0.2) is 28.8 Å². The lowest BCUT2D eigenvalue weighted by molar-refractivity contribution is -0.157. The maximum absolute atomic E-state index is 12.7. The largest absolute Gasteiger partial charge is 0.331 e. The summed E-state index contributed by atoms with van der Waals surface area (Å²) in [6.45, 7) is 2.12. The second kappa shape index (κ2) is 4.32. The van der Waals surface area contributed by atoms with Gasteiger partial charge >= 0.3 is 6.03 Å². The van der Waals surface area contributed by atoms with Crippen LogP contribution in [0.5, 0.6) is 0 Å². The van der Waals surface area contributed by atoms with E-state index in [0.29, 0.717) is 18.8 Å². The number of rotatable bonds is 1. The summed E-state index contributed by atoms with van der Waals surface area (Å²) in [5.74, 6) is -0.0470. The van der Waals surface area contributed by atoms with Crippen LogP contribution < -0.4 is 5.32 Å². The zero-order valence-electron chi connectivity index (χ0n) is 11.3. The van der Waals surface area contributed by atoms with E-state index in [-0.39, 0.29) is 17.9 Å². The van der Waals surface area contributed by atoms with E-state index in [1.54, 1.807) is 0 Å². The highest BCUT2D eigenvalue weighted by atomic mass is 16.2. The van der Waals surface area contributed by atoms with Gasteiger partial charge in [-0.15, -0.1) is 0 Å². The summed E-state index contributed by atoms with van der Waals surface area (Å²) in [5.41, 5.74) is -0.953. The molecule has 4 amide bonds. The maximum atomic E-state index is 12.7. The Hall–Kier alpha value is -1.39. The minimum atomic E-state index is -0.953. The number of carbonyl (C=O) groups is 3. The number of urea groups is 1. The fourth-order valence-corrected chi connectivity index (χ4v) is 3.70. The minimum Gasteiger partial charge on any atom is -0.277 e. The fraction of sp³-hybridized carbons (Fsp3) is 0.786. The molecule has 0 aromatic heterocycles. The zero-order chi connectivity index (χ0) is 13.6. The van der Waals surface area contributed by atoms with E-state index in [9.17, 15) is 14.4 Å². The van der Waals surface area contributed by atoms with E-state index in [1.165, 1.54) is 4.90 Å². The first kappa shape index (κ1) is 12.6. The highest BCUT2D eigenvalue weighted by Crippen LogP contribution is 2.43. The van der Waals surface area contributed by atoms with E-state index < -0.39 is 11.4 Å². The van der Waals surface area contributed by atoms with Gasteiger partial charge in [0.05, 0.1) is 0 Å². The Labute approximate surface area is 112 Å². The molecule has 3 fully saturated rings. The van der Waals surface area contributed by atoms with Crippen LogP contribution in [0.25, 0.3) is 0 Å². The molecule has 0 bridgehead atoms. The maximum Gasteiger partial charge on any atom is 0.331 e. The second-order valence-corrected chi connectivity index (χ2v) is 6.31. The Morgan fingerprint density at radius 1 is 1.11 bits per heavy atom. The van der Waals surface area contributed by atoms with Gasteiger partial charge in [-0.25, -0.2) is 4.79 Å². The second-order valence-electron chi connectivity index (χ2n) is 6.31. The molecule has 19 heavy (non-hydrogen) atoms. The van der Waals surface area contributed by atoms with Crippen molar-refractivity contribution in [1.29, 1.82) is 0 Å². The van der Waals surface area contributed by atoms with Crippen molar-refractivity contribution in [3.8, 4) is 0 Å². The van der Waals surface area contributed by atoms with Gasteiger partial charge in [-0.05, 0) is 31.6 Å². The van der Waals surface area contributed by atoms with Crippen molar-refractivity contribution < 1.29 is 14.4 Å². The smallest absolute Gasteiger partial charge is 0.277 e. The Bertz CT molecular complexity index is 434. The first-order valence-electron chi connectivity index (χ1n) is 7.24. The Morgan fingerprint density at radius 2 is 1.74 bits per heavy atom. The molecule has 2 saturated carbocycles. The molecule has 5 nitrogen and oxygen atoms in total. The first-order chi connectivity index (χ1) is 9.04. The molecule has 1 N–H and O–H groups in total. The van der Waals surface area contributed by atoms with Gasteiger partial charge in [-0.2, -0.15) is 0 Å². The normalized spacial score (nSPS) is 34.2. The molecule has 1 spiro atoms. The number of hydrogen-bond acceptors (Lipinski definition) is 3. The molecule has 1 aliphatic heterocycles. The third-order valence-electron chi connectivity index (χ3n) is 4.92. The van der Waals surface area contributed by atoms with Crippen LogP contribution in [0.4, 0.5) is 4.79 Å². The number of imide groups is 2. The van der Waals surface area contributed by atoms with E-state index in [4.69, 9.17) is 0 Å². The van der Waals surface area contributed by atoms with Gasteiger partial charge in [0.1, 0.15) is 5.41 Å². The minimum absolute atomic E-state index is 0.00518. The molecule has 0 aromatic rings. The number of hydrogen-bond donors (Lipinski definition) is 1. The average Bonchev–Trinajstić information content (AvgIpc) is 2.36. The van der Waals surface area contributed by atoms with Crippen LogP contribution in [0.15, 0.2) is 0 Å². The number of amides is 4. The number of barbiturate groups is 1. The Kier molecular flexibility index (Phi) is 2.87. The third-order valence-corrected chi connectivity index (χ3v) is 4.92. The summed E-state index contributed by atoms with van der Waals surface area (Å²) in [6, 6.07) is -0.516. The quantitative estimate of drug-likeness (QED) is 0.734. The molecule has 3 rings (SSSR count). The van der Waals surface area contributed by atoms with Crippen molar-refractivity contribution in [2.45, 2.75) is 57.9 Å². The summed E-state index contributed by atoms with van der Waals surface area (Å²) < 4.78 is 0. The van der Waals surface area contributed by atoms with E-state index >= 15 is 0 Å². The predicted molar refractivity (Wildman–Crippen MR) is 68.1 cm³/mol. The van der Waals surface area contributed by atoms with Gasteiger partial charge in [0, 0.05) is 6.04 Å². The molecule has 2 aliphatic carbocycles. The van der Waals surface area contributed by atoms with Crippen LogP contribution in [0.3, 0.4) is 0 Å². The molecule has 0 radical (unpaired) electrons. The lowest BCUT2D eigenvalue weighted by atomic mass is 9.70. The van der Waals surface area contributed by atoms with Crippen molar-refractivity contribution in [3.63, 3.8) is 0 Å². The molecule has 0 aromatic carbocycles. The molecule has 1 heterocycles. The van der Waals surface area contributed by atoms with Gasteiger partial charge in [-0.1, -0.05) is 26.2 Å². The fourth-order valence-electron chi connectivity index (χ4n) is 3.70. The van der Waals surface area contributed by atoms with Crippen LogP contribution >= 0.6 is 0 Å². The zero-order valence-corrected chi connectivity index (χ0v) is 11.3. The summed E-state index contributed by atoms with van der Waals surface area (Å²) >= 11 is 0. The van der Waals surface area contributed by atoms with Gasteiger partial charge in [0.15, 0.2) is 0 Å². The number of nitrogens with zero attached hydrogens (tertiary/aromatic N) is 1. The molecule has 0 atom stereocenters. The summed E-state index contributed by atoms with van der Waals surface area (Å²) in [4.78, 5) is 38.2. The van der Waals surface area contributed by atoms with Crippen LogP contribution in [0, 0.1) is 11.3 Å². The third kappa shape index (κ3) is 1.78. The van der Waals surface area contributed by atoms with Gasteiger partial charge in [-0.3, -0.25) is 19.8 Å². The highest BCUT2D eigenvalue weighted by Gasteiger charge is 2.56. The van der Waals surface area contributed by atoms with E-state index in [1.807, 2.05) is 0 Å². The van der Waals surface area contributed by atoms with E-state index in [2.05, 4.69) is 12.2 Å². The monoisotopic (exact) mass is 264 g/mol. The van der Waals surface area contributed by atoms with Crippen molar-refractivity contribution in [1.82, 2.24) is 10.2 Å². The first-order valence-corrected chi connectivity index (χ1v) is 7.24. The molecule has 3 aliphatic rings. The number of carbonyl (C=O) groups excluding carboxylic acids is 3. The summed E-state index contributed by atoms with van der Waals surface area (Å²) in [7, 11) is 0. The lowest BCUT2D eigenvalue weighted by Gasteiger charge is -2.47. The van der Waals surface area contributed by atoms with E-state index in [0.717, 1.165) is 32.1 Å². The van der Waals surface area contributed by atoms with Crippen molar-refractivity contribution in [2.75, 3.05) is 0 Å². The lowest BCUT2D eigenvalue weighted by Crippen LogP contribution is -2.67. The Balaban J connectivity index is 1.87. The van der Waals surface area contributed by atoms with Crippen molar-refractivity contribution in [2.24, 2.45) is 11.3 Å². The average molecular weight is 264 g/mol. The van der Waals surface area contributed by atoms with Crippen molar-refractivity contribution >= 4 is 17.8 Å². The highest BCUT2D eigenvalue weighted by molar-refractivity contribution is 6.19. The summed E-state index contributed by atoms with van der Waals surface area (Å²) in [5, 5.41) is 2.41. The molecule has 5 heteroatoms. The van der Waals surface area contributed by atoms with Crippen molar-refractivity contribution in [3.05, 3.63) is 0 Å². The number of nitrogens with one attached hydrogen (secondary N) is 1. The van der Waals surface area contributed by atoms with Crippen LogP contribution in [0.2, 0.25) is 0 Å². The topological polar surface area (TPSA) is 66.5 Å². The SMILES string of the molecule is CC1CC(N2C(=O)NC(=O)C3(CCCCC3)C2=O)C1. The van der Waals surface area contributed by atoms with Crippen LogP contribution in [0.1, 0.15) is 51.9 Å². The molecular weight excluding hydrogens is 244 g/mol.